The summed E-state index contributed by atoms with van der Waals surface area (Å²) in [5.74, 6) is 3.11. The molecule has 0 spiro atoms. The first-order valence-electron chi connectivity index (χ1n) is 10.4. The molecule has 1 unspecified atom stereocenters. The van der Waals surface area contributed by atoms with Crippen LogP contribution in [-0.2, 0) is 11.3 Å². The minimum Gasteiger partial charge on any atom is -0.461 e. The van der Waals surface area contributed by atoms with Crippen molar-refractivity contribution in [3.63, 3.8) is 0 Å². The lowest BCUT2D eigenvalue weighted by atomic mass is 9.88. The summed E-state index contributed by atoms with van der Waals surface area (Å²) in [6.07, 6.45) is 8.27. The molecule has 29 heavy (non-hydrogen) atoms. The van der Waals surface area contributed by atoms with Gasteiger partial charge in [0.05, 0.1) is 12.8 Å². The molecule has 9 heteroatoms. The molecule has 1 amide bonds. The molecule has 0 aromatic carbocycles. The van der Waals surface area contributed by atoms with Crippen LogP contribution in [0.5, 0.6) is 0 Å². The lowest BCUT2D eigenvalue weighted by Crippen LogP contribution is -2.45. The summed E-state index contributed by atoms with van der Waals surface area (Å²) in [7, 11) is 1.74. The van der Waals surface area contributed by atoms with Crippen molar-refractivity contribution in [1.82, 2.24) is 30.7 Å². The fraction of sp³-hybridized carbons (Fsp3) is 0.600. The third kappa shape index (κ3) is 4.78. The Hall–Kier alpha value is -2.84. The second kappa shape index (κ2) is 9.11. The van der Waals surface area contributed by atoms with E-state index < -0.39 is 0 Å². The van der Waals surface area contributed by atoms with Crippen molar-refractivity contribution in [2.75, 3.05) is 20.1 Å². The largest absolute Gasteiger partial charge is 0.461 e. The normalized spacial score (nSPS) is 20.8. The molecule has 2 fully saturated rings. The summed E-state index contributed by atoms with van der Waals surface area (Å²) in [5, 5.41) is 13.7. The topological polar surface area (TPSA) is 111 Å². The van der Waals surface area contributed by atoms with E-state index in [9.17, 15) is 4.79 Å². The van der Waals surface area contributed by atoms with Gasteiger partial charge in [-0.1, -0.05) is 19.3 Å². The molecule has 0 radical (unpaired) electrons. The summed E-state index contributed by atoms with van der Waals surface area (Å²) in [6.45, 7) is 2.02. The van der Waals surface area contributed by atoms with Gasteiger partial charge in [0.25, 0.3) is 0 Å². The monoisotopic (exact) mass is 399 g/mol. The Kier molecular flexibility index (Phi) is 6.12. The number of aromatic amines is 1. The van der Waals surface area contributed by atoms with Crippen LogP contribution in [0.25, 0.3) is 11.6 Å². The van der Waals surface area contributed by atoms with Crippen LogP contribution in [0.3, 0.4) is 0 Å². The predicted octanol–water partition coefficient (Wildman–Crippen LogP) is 1.91. The highest BCUT2D eigenvalue weighted by molar-refractivity contribution is 5.81. The zero-order valence-corrected chi connectivity index (χ0v) is 16.9. The summed E-state index contributed by atoms with van der Waals surface area (Å²) in [4.78, 5) is 23.5. The Morgan fingerprint density at radius 3 is 2.97 bits per heavy atom. The van der Waals surface area contributed by atoms with E-state index in [1.165, 1.54) is 19.3 Å². The number of aromatic nitrogens is 3. The second-order valence-electron chi connectivity index (χ2n) is 7.76. The number of carbonyl (C=O) groups excluding carboxylic acids is 1. The minimum absolute atomic E-state index is 0.210. The zero-order valence-electron chi connectivity index (χ0n) is 16.9. The van der Waals surface area contributed by atoms with Crippen molar-refractivity contribution in [3.05, 3.63) is 24.2 Å². The Balaban J connectivity index is 1.25. The fourth-order valence-corrected chi connectivity index (χ4v) is 4.13. The molecule has 2 aliphatic rings. The van der Waals surface area contributed by atoms with Gasteiger partial charge in [0.2, 0.25) is 11.7 Å². The molecule has 1 aliphatic carbocycles. The summed E-state index contributed by atoms with van der Waals surface area (Å²) < 4.78 is 5.31. The van der Waals surface area contributed by atoms with Gasteiger partial charge in [0, 0.05) is 32.1 Å². The van der Waals surface area contributed by atoms with Gasteiger partial charge in [0.15, 0.2) is 11.7 Å². The summed E-state index contributed by atoms with van der Waals surface area (Å²) in [6, 6.07) is 3.84. The van der Waals surface area contributed by atoms with Gasteiger partial charge >= 0.3 is 0 Å². The average molecular weight is 399 g/mol. The molecule has 3 N–H and O–H groups in total. The van der Waals surface area contributed by atoms with E-state index in [1.807, 2.05) is 11.0 Å². The Bertz CT molecular complexity index is 824. The smallest absolute Gasteiger partial charge is 0.225 e. The lowest BCUT2D eigenvalue weighted by molar-refractivity contribution is -0.135. The third-order valence-electron chi connectivity index (χ3n) is 5.72. The van der Waals surface area contributed by atoms with Gasteiger partial charge in [-0.25, -0.2) is 4.98 Å². The maximum Gasteiger partial charge on any atom is 0.225 e. The molecule has 0 bridgehead atoms. The Morgan fingerprint density at radius 2 is 2.21 bits per heavy atom. The van der Waals surface area contributed by atoms with E-state index in [0.29, 0.717) is 35.8 Å². The first kappa shape index (κ1) is 19.5. The van der Waals surface area contributed by atoms with Crippen molar-refractivity contribution in [2.24, 2.45) is 10.9 Å². The van der Waals surface area contributed by atoms with Gasteiger partial charge in [-0.3, -0.25) is 14.9 Å². The number of hydrogen-bond acceptors (Lipinski definition) is 5. The maximum absolute atomic E-state index is 12.7. The van der Waals surface area contributed by atoms with Crippen LogP contribution in [0.1, 0.15) is 44.3 Å². The first-order chi connectivity index (χ1) is 14.2. The molecule has 2 aromatic heterocycles. The molecule has 2 aromatic rings. The fourth-order valence-electron chi connectivity index (χ4n) is 4.13. The number of aliphatic imine (C=N–C) groups is 1. The van der Waals surface area contributed by atoms with Crippen molar-refractivity contribution in [1.29, 1.82) is 0 Å². The molecule has 1 atom stereocenters. The van der Waals surface area contributed by atoms with E-state index in [4.69, 9.17) is 4.42 Å². The highest BCUT2D eigenvalue weighted by Gasteiger charge is 2.31. The summed E-state index contributed by atoms with van der Waals surface area (Å²) >= 11 is 0. The van der Waals surface area contributed by atoms with E-state index in [-0.39, 0.29) is 12.0 Å². The molecule has 1 aliphatic heterocycles. The number of nitrogens with zero attached hydrogens (tertiary/aromatic N) is 4. The van der Waals surface area contributed by atoms with E-state index >= 15 is 0 Å². The van der Waals surface area contributed by atoms with Crippen LogP contribution in [0.2, 0.25) is 0 Å². The summed E-state index contributed by atoms with van der Waals surface area (Å²) in [5.41, 5.74) is 0. The molecule has 4 rings (SSSR count). The minimum atomic E-state index is 0.210. The van der Waals surface area contributed by atoms with Crippen LogP contribution in [0, 0.1) is 5.92 Å². The second-order valence-corrected chi connectivity index (χ2v) is 7.76. The highest BCUT2D eigenvalue weighted by atomic mass is 16.3. The van der Waals surface area contributed by atoms with Gasteiger partial charge in [-0.2, -0.15) is 0 Å². The number of nitrogens with one attached hydrogen (secondary N) is 3. The Morgan fingerprint density at radius 1 is 1.34 bits per heavy atom. The maximum atomic E-state index is 12.7. The number of hydrogen-bond donors (Lipinski definition) is 3. The third-order valence-corrected chi connectivity index (χ3v) is 5.72. The highest BCUT2D eigenvalue weighted by Crippen LogP contribution is 2.26. The number of guanidine groups is 1. The van der Waals surface area contributed by atoms with Crippen LogP contribution in [0.4, 0.5) is 0 Å². The van der Waals surface area contributed by atoms with E-state index in [2.05, 4.69) is 30.8 Å². The molecule has 9 nitrogen and oxygen atoms in total. The molecule has 156 valence electrons. The van der Waals surface area contributed by atoms with Gasteiger partial charge in [-0.15, -0.1) is 5.10 Å². The average Bonchev–Trinajstić information content (AvgIpc) is 3.52. The quantitative estimate of drug-likeness (QED) is 0.523. The number of carbonyl (C=O) groups is 1. The van der Waals surface area contributed by atoms with E-state index in [0.717, 1.165) is 32.4 Å². The first-order valence-corrected chi connectivity index (χ1v) is 10.4. The molecule has 3 heterocycles. The number of furan rings is 1. The van der Waals surface area contributed by atoms with Gasteiger partial charge < -0.3 is 20.0 Å². The standard InChI is InChI=1S/C20H29N7O2/c1-21-20(22-12-17-24-18(26-25-17)16-8-5-11-29-16)23-15-9-10-27(13-15)19(28)14-6-3-2-4-7-14/h5,8,11,14-15H,2-4,6-7,9-10,12-13H2,1H3,(H2,21,22,23)(H,24,25,26). The molecular weight excluding hydrogens is 370 g/mol. The number of amides is 1. The number of H-pyrrole nitrogens is 1. The Labute approximate surface area is 170 Å². The van der Waals surface area contributed by atoms with Crippen LogP contribution < -0.4 is 10.6 Å². The zero-order chi connectivity index (χ0) is 20.1. The van der Waals surface area contributed by atoms with Crippen molar-refractivity contribution < 1.29 is 9.21 Å². The molecule has 1 saturated carbocycles. The molecule has 1 saturated heterocycles. The van der Waals surface area contributed by atoms with Crippen molar-refractivity contribution >= 4 is 11.9 Å². The lowest BCUT2D eigenvalue weighted by Gasteiger charge is -2.26. The predicted molar refractivity (Wildman–Crippen MR) is 109 cm³/mol. The van der Waals surface area contributed by atoms with Gasteiger partial charge in [-0.05, 0) is 31.4 Å². The number of rotatable bonds is 5. The SMILES string of the molecule is CN=C(NCc1nc(-c2ccco2)n[nH]1)NC1CCN(C(=O)C2CCCCC2)C1. The van der Waals surface area contributed by atoms with Crippen LogP contribution >= 0.6 is 0 Å². The van der Waals surface area contributed by atoms with Gasteiger partial charge in [0.1, 0.15) is 5.82 Å². The number of likely N-dealkylation sites (tertiary alicyclic amines) is 1. The van der Waals surface area contributed by atoms with Crippen LogP contribution in [0.15, 0.2) is 27.8 Å². The molecular formula is C20H29N7O2. The van der Waals surface area contributed by atoms with E-state index in [1.54, 1.807) is 19.4 Å². The van der Waals surface area contributed by atoms with Crippen molar-refractivity contribution in [3.8, 4) is 11.6 Å². The van der Waals surface area contributed by atoms with Crippen molar-refractivity contribution in [2.45, 2.75) is 51.1 Å². The van der Waals surface area contributed by atoms with Crippen LogP contribution in [-0.4, -0.2) is 58.1 Å².